The second-order valence-electron chi connectivity index (χ2n) is 4.17. The summed E-state index contributed by atoms with van der Waals surface area (Å²) in [5.74, 6) is 0.330. The zero-order chi connectivity index (χ0) is 11.7. The lowest BCUT2D eigenvalue weighted by atomic mass is 10.1. The van der Waals surface area contributed by atoms with E-state index in [1.54, 1.807) is 0 Å². The number of methoxy groups -OCH3 is 1. The molecule has 0 fully saturated rings. The minimum absolute atomic E-state index is 0.181. The molecule has 90 valence electrons. The van der Waals surface area contributed by atoms with Gasteiger partial charge in [0.1, 0.15) is 0 Å². The first-order valence-electron chi connectivity index (χ1n) is 5.51. The molecule has 15 heavy (non-hydrogen) atoms. The normalized spacial score (nSPS) is 12.9. The van der Waals surface area contributed by atoms with Crippen molar-refractivity contribution in [3.05, 3.63) is 0 Å². The van der Waals surface area contributed by atoms with Crippen LogP contribution in [0.5, 0.6) is 0 Å². The van der Waals surface area contributed by atoms with Crippen LogP contribution in [-0.4, -0.2) is 37.4 Å². The molecule has 1 unspecified atom stereocenters. The Labute approximate surface area is 92.0 Å². The van der Waals surface area contributed by atoms with Gasteiger partial charge in [0.25, 0.3) is 0 Å². The number of aliphatic hydroxyl groups is 1. The van der Waals surface area contributed by atoms with Crippen LogP contribution in [0.15, 0.2) is 0 Å². The Morgan fingerprint density at radius 1 is 1.47 bits per heavy atom. The van der Waals surface area contributed by atoms with E-state index < -0.39 is 0 Å². The summed E-state index contributed by atoms with van der Waals surface area (Å²) in [7, 11) is 1.39. The molecule has 0 aromatic heterocycles. The van der Waals surface area contributed by atoms with E-state index in [0.717, 1.165) is 19.4 Å². The molecule has 0 aromatic rings. The average molecular weight is 217 g/mol. The lowest BCUT2D eigenvalue weighted by Crippen LogP contribution is -2.28. The molecule has 0 saturated heterocycles. The minimum Gasteiger partial charge on any atom is -0.469 e. The van der Waals surface area contributed by atoms with Gasteiger partial charge in [-0.3, -0.25) is 4.79 Å². The number of rotatable bonds is 8. The fraction of sp³-hybridized carbons (Fsp3) is 0.909. The second-order valence-corrected chi connectivity index (χ2v) is 4.17. The molecular formula is C11H23NO3. The van der Waals surface area contributed by atoms with E-state index in [1.165, 1.54) is 7.11 Å². The van der Waals surface area contributed by atoms with Crippen LogP contribution in [0.2, 0.25) is 0 Å². The highest BCUT2D eigenvalue weighted by molar-refractivity contribution is 5.68. The lowest BCUT2D eigenvalue weighted by Gasteiger charge is -2.13. The number of hydrogen-bond acceptors (Lipinski definition) is 4. The fourth-order valence-electron chi connectivity index (χ4n) is 1.36. The van der Waals surface area contributed by atoms with Gasteiger partial charge in [-0.05, 0) is 25.3 Å². The number of carbonyl (C=O) groups excluding carboxylic acids is 1. The van der Waals surface area contributed by atoms with E-state index in [-0.39, 0.29) is 12.1 Å². The van der Waals surface area contributed by atoms with Crippen LogP contribution >= 0.6 is 0 Å². The third-order valence-electron chi connectivity index (χ3n) is 2.09. The quantitative estimate of drug-likeness (QED) is 0.469. The van der Waals surface area contributed by atoms with Crippen LogP contribution in [0.4, 0.5) is 0 Å². The highest BCUT2D eigenvalue weighted by Gasteiger charge is 2.06. The van der Waals surface area contributed by atoms with Crippen molar-refractivity contribution in [2.45, 2.75) is 39.2 Å². The van der Waals surface area contributed by atoms with E-state index in [2.05, 4.69) is 23.9 Å². The van der Waals surface area contributed by atoms with E-state index >= 15 is 0 Å². The van der Waals surface area contributed by atoms with Crippen molar-refractivity contribution in [2.24, 2.45) is 5.92 Å². The van der Waals surface area contributed by atoms with E-state index in [9.17, 15) is 9.90 Å². The molecule has 0 radical (unpaired) electrons. The van der Waals surface area contributed by atoms with Gasteiger partial charge in [-0.1, -0.05) is 13.8 Å². The summed E-state index contributed by atoms with van der Waals surface area (Å²) in [6.07, 6.45) is 1.71. The Hall–Kier alpha value is -0.610. The molecule has 4 nitrogen and oxygen atoms in total. The summed E-state index contributed by atoms with van der Waals surface area (Å²) in [6, 6.07) is 0. The maximum atomic E-state index is 10.8. The van der Waals surface area contributed by atoms with Crippen LogP contribution in [0.3, 0.4) is 0 Å². The van der Waals surface area contributed by atoms with Gasteiger partial charge in [0.15, 0.2) is 0 Å². The summed E-state index contributed by atoms with van der Waals surface area (Å²) in [5, 5.41) is 12.6. The second kappa shape index (κ2) is 8.68. The van der Waals surface area contributed by atoms with Crippen molar-refractivity contribution in [1.82, 2.24) is 5.32 Å². The smallest absolute Gasteiger partial charge is 0.305 e. The Balaban J connectivity index is 3.27. The van der Waals surface area contributed by atoms with Gasteiger partial charge in [0, 0.05) is 13.0 Å². The van der Waals surface area contributed by atoms with Gasteiger partial charge in [0.05, 0.1) is 13.2 Å². The monoisotopic (exact) mass is 217 g/mol. The lowest BCUT2D eigenvalue weighted by molar-refractivity contribution is -0.140. The molecule has 2 N–H and O–H groups in total. The Morgan fingerprint density at radius 3 is 2.67 bits per heavy atom. The number of ether oxygens (including phenoxy) is 1. The highest BCUT2D eigenvalue weighted by Crippen LogP contribution is 2.03. The van der Waals surface area contributed by atoms with E-state index in [0.29, 0.717) is 18.9 Å². The third-order valence-corrected chi connectivity index (χ3v) is 2.09. The molecule has 0 bridgehead atoms. The van der Waals surface area contributed by atoms with E-state index in [1.807, 2.05) is 0 Å². The van der Waals surface area contributed by atoms with Gasteiger partial charge in [-0.15, -0.1) is 0 Å². The predicted molar refractivity (Wildman–Crippen MR) is 59.6 cm³/mol. The van der Waals surface area contributed by atoms with Gasteiger partial charge in [0.2, 0.25) is 0 Å². The summed E-state index contributed by atoms with van der Waals surface area (Å²) in [5.41, 5.74) is 0. The maximum Gasteiger partial charge on any atom is 0.305 e. The molecule has 1 atom stereocenters. The molecule has 0 rings (SSSR count). The van der Waals surface area contributed by atoms with Crippen molar-refractivity contribution < 1.29 is 14.6 Å². The zero-order valence-corrected chi connectivity index (χ0v) is 9.95. The molecule has 0 aliphatic rings. The number of nitrogens with one attached hydrogen (secondary N) is 1. The fourth-order valence-corrected chi connectivity index (χ4v) is 1.36. The molecule has 0 heterocycles. The summed E-state index contributed by atoms with van der Waals surface area (Å²) >= 11 is 0. The molecule has 0 aromatic carbocycles. The largest absolute Gasteiger partial charge is 0.469 e. The first-order valence-corrected chi connectivity index (χ1v) is 5.51. The van der Waals surface area contributed by atoms with E-state index in [4.69, 9.17) is 0 Å². The molecule has 0 aliphatic heterocycles. The van der Waals surface area contributed by atoms with Gasteiger partial charge < -0.3 is 15.2 Å². The van der Waals surface area contributed by atoms with Gasteiger partial charge in [-0.2, -0.15) is 0 Å². The van der Waals surface area contributed by atoms with Crippen molar-refractivity contribution in [3.8, 4) is 0 Å². The molecule has 4 heteroatoms. The Bertz CT molecular complexity index is 171. The summed E-state index contributed by atoms with van der Waals surface area (Å²) in [4.78, 5) is 10.8. The SMILES string of the molecule is COC(=O)CCCNCC(O)CC(C)C. The average Bonchev–Trinajstić information content (AvgIpc) is 2.15. The summed E-state index contributed by atoms with van der Waals surface area (Å²) < 4.78 is 4.51. The number of esters is 1. The van der Waals surface area contributed by atoms with Crippen LogP contribution in [-0.2, 0) is 9.53 Å². The first kappa shape index (κ1) is 14.4. The molecule has 0 amide bonds. The van der Waals surface area contributed by atoms with Crippen molar-refractivity contribution in [1.29, 1.82) is 0 Å². The molecular weight excluding hydrogens is 194 g/mol. The Kier molecular flexibility index (Phi) is 8.33. The standard InChI is InChI=1S/C11H23NO3/c1-9(2)7-10(13)8-12-6-4-5-11(14)15-3/h9-10,12-13H,4-8H2,1-3H3. The van der Waals surface area contributed by atoms with Gasteiger partial charge in [-0.25, -0.2) is 0 Å². The maximum absolute atomic E-state index is 10.8. The molecule has 0 spiro atoms. The number of hydrogen-bond donors (Lipinski definition) is 2. The number of aliphatic hydroxyl groups excluding tert-OH is 1. The highest BCUT2D eigenvalue weighted by atomic mass is 16.5. The van der Waals surface area contributed by atoms with Crippen LogP contribution in [0.25, 0.3) is 0 Å². The van der Waals surface area contributed by atoms with Crippen LogP contribution in [0.1, 0.15) is 33.1 Å². The number of carbonyl (C=O) groups is 1. The van der Waals surface area contributed by atoms with Crippen LogP contribution in [0, 0.1) is 5.92 Å². The predicted octanol–water partition coefficient (Wildman–Crippen LogP) is 0.936. The molecule has 0 saturated carbocycles. The van der Waals surface area contributed by atoms with Crippen molar-refractivity contribution in [3.63, 3.8) is 0 Å². The topological polar surface area (TPSA) is 58.6 Å². The van der Waals surface area contributed by atoms with Crippen LogP contribution < -0.4 is 5.32 Å². The van der Waals surface area contributed by atoms with Gasteiger partial charge >= 0.3 is 5.97 Å². The summed E-state index contributed by atoms with van der Waals surface area (Å²) in [6.45, 7) is 5.50. The van der Waals surface area contributed by atoms with Crippen molar-refractivity contribution in [2.75, 3.05) is 20.2 Å². The first-order chi connectivity index (χ1) is 7.06. The Morgan fingerprint density at radius 2 is 2.13 bits per heavy atom. The minimum atomic E-state index is -0.289. The zero-order valence-electron chi connectivity index (χ0n) is 9.95. The third kappa shape index (κ3) is 9.69. The molecule has 0 aliphatic carbocycles. The van der Waals surface area contributed by atoms with Crippen molar-refractivity contribution >= 4 is 5.97 Å².